The predicted octanol–water partition coefficient (Wildman–Crippen LogP) is 2.16. The van der Waals surface area contributed by atoms with Gasteiger partial charge in [-0.2, -0.15) is 4.37 Å². The molecular weight excluding hydrogens is 383 g/mol. The molecule has 3 heterocycles. The molecule has 0 spiro atoms. The fourth-order valence-electron chi connectivity index (χ4n) is 2.32. The van der Waals surface area contributed by atoms with Crippen molar-refractivity contribution in [3.05, 3.63) is 56.1 Å². The second kappa shape index (κ2) is 6.62. The van der Waals surface area contributed by atoms with Crippen LogP contribution in [0.2, 0.25) is 5.02 Å². The van der Waals surface area contributed by atoms with Gasteiger partial charge in [0, 0.05) is 36.4 Å². The molecule has 1 amide bonds. The molecule has 2 aliphatic rings. The molecule has 1 aromatic carbocycles. The molecule has 2 aromatic rings. The minimum absolute atomic E-state index is 0.251. The number of nitrogens with one attached hydrogen (secondary N) is 1. The van der Waals surface area contributed by atoms with Gasteiger partial charge < -0.3 is 10.2 Å². The molecular formula is C16H10ClFN4OS2. The van der Waals surface area contributed by atoms with Crippen molar-refractivity contribution in [1.82, 2.24) is 14.6 Å². The molecule has 0 unspecified atom stereocenters. The third kappa shape index (κ3) is 3.46. The first-order chi connectivity index (χ1) is 12.1. The van der Waals surface area contributed by atoms with Crippen molar-refractivity contribution in [3.8, 4) is 0 Å². The summed E-state index contributed by atoms with van der Waals surface area (Å²) >= 11 is 8.64. The number of hydrogen-bond acceptors (Lipinski definition) is 6. The van der Waals surface area contributed by atoms with Crippen LogP contribution in [0.3, 0.4) is 0 Å². The van der Waals surface area contributed by atoms with E-state index in [1.807, 2.05) is 11.1 Å². The largest absolute Gasteiger partial charge is 0.348 e. The zero-order chi connectivity index (χ0) is 17.4. The van der Waals surface area contributed by atoms with Gasteiger partial charge in [0.25, 0.3) is 5.91 Å². The second-order valence-electron chi connectivity index (χ2n) is 5.24. The smallest absolute Gasteiger partial charge is 0.265 e. The molecule has 126 valence electrons. The lowest BCUT2D eigenvalue weighted by molar-refractivity contribution is -0.115. The van der Waals surface area contributed by atoms with Crippen molar-refractivity contribution >= 4 is 63.9 Å². The number of hydrogen-bond donors (Lipinski definition) is 1. The van der Waals surface area contributed by atoms with Crippen molar-refractivity contribution in [2.45, 2.75) is 0 Å². The highest BCUT2D eigenvalue weighted by molar-refractivity contribution is 8.18. The lowest BCUT2D eigenvalue weighted by Gasteiger charge is -2.15. The van der Waals surface area contributed by atoms with Crippen molar-refractivity contribution in [2.24, 2.45) is 4.99 Å². The topological polar surface area (TPSA) is 57.6 Å². The number of carbonyl (C=O) groups excluding carboxylic acids is 1. The summed E-state index contributed by atoms with van der Waals surface area (Å²) in [5, 5.41) is 4.37. The van der Waals surface area contributed by atoms with E-state index in [1.54, 1.807) is 12.4 Å². The van der Waals surface area contributed by atoms with E-state index in [4.69, 9.17) is 11.6 Å². The Morgan fingerprint density at radius 3 is 3.20 bits per heavy atom. The Hall–Kier alpha value is -2.16. The summed E-state index contributed by atoms with van der Waals surface area (Å²) in [6.45, 7) is 0.661. The van der Waals surface area contributed by atoms with Gasteiger partial charge in [-0.15, -0.1) is 0 Å². The Bertz CT molecular complexity index is 1050. The Kier molecular flexibility index (Phi) is 4.32. The van der Waals surface area contributed by atoms with Gasteiger partial charge in [0.05, 0.1) is 20.1 Å². The van der Waals surface area contributed by atoms with Crippen molar-refractivity contribution in [2.75, 3.05) is 6.54 Å². The maximum Gasteiger partial charge on any atom is 0.265 e. The van der Waals surface area contributed by atoms with Crippen LogP contribution >= 0.6 is 34.9 Å². The third-order valence-electron chi connectivity index (χ3n) is 3.48. The van der Waals surface area contributed by atoms with Gasteiger partial charge in [0.1, 0.15) is 5.82 Å². The highest BCUT2D eigenvalue weighted by Crippen LogP contribution is 2.30. The Labute approximate surface area is 155 Å². The van der Waals surface area contributed by atoms with Gasteiger partial charge in [0.2, 0.25) is 0 Å². The van der Waals surface area contributed by atoms with E-state index in [0.29, 0.717) is 21.6 Å². The molecule has 9 heteroatoms. The van der Waals surface area contributed by atoms with Gasteiger partial charge >= 0.3 is 0 Å². The van der Waals surface area contributed by atoms with Crippen molar-refractivity contribution in [1.29, 1.82) is 0 Å². The zero-order valence-electron chi connectivity index (χ0n) is 12.6. The Morgan fingerprint density at radius 2 is 2.32 bits per heavy atom. The average molecular weight is 393 g/mol. The van der Waals surface area contributed by atoms with Gasteiger partial charge in [-0.3, -0.25) is 4.79 Å². The van der Waals surface area contributed by atoms with Gasteiger partial charge in [-0.05, 0) is 41.5 Å². The molecule has 4 rings (SSSR count). The molecule has 1 N–H and O–H groups in total. The van der Waals surface area contributed by atoms with Crippen molar-refractivity contribution in [3.63, 3.8) is 0 Å². The summed E-state index contributed by atoms with van der Waals surface area (Å²) in [7, 11) is 0. The molecule has 0 radical (unpaired) electrons. The molecule has 0 bridgehead atoms. The van der Waals surface area contributed by atoms with Gasteiger partial charge in [-0.25, -0.2) is 9.38 Å². The highest BCUT2D eigenvalue weighted by atomic mass is 35.5. The molecule has 25 heavy (non-hydrogen) atoms. The van der Waals surface area contributed by atoms with Crippen LogP contribution in [0.5, 0.6) is 0 Å². The molecule has 0 aliphatic carbocycles. The number of fused-ring (bicyclic) bond motifs is 1. The van der Waals surface area contributed by atoms with E-state index < -0.39 is 5.82 Å². The Balaban J connectivity index is 1.58. The molecule has 2 aliphatic heterocycles. The average Bonchev–Trinajstić information content (AvgIpc) is 3.17. The predicted molar refractivity (Wildman–Crippen MR) is 99.3 cm³/mol. The van der Waals surface area contributed by atoms with E-state index in [-0.39, 0.29) is 11.6 Å². The lowest BCUT2D eigenvalue weighted by Crippen LogP contribution is -2.29. The van der Waals surface area contributed by atoms with E-state index in [1.165, 1.54) is 41.5 Å². The first kappa shape index (κ1) is 16.3. The van der Waals surface area contributed by atoms with E-state index in [2.05, 4.69) is 20.8 Å². The van der Waals surface area contributed by atoms with Gasteiger partial charge in [0.15, 0.2) is 5.17 Å². The van der Waals surface area contributed by atoms with Crippen LogP contribution in [0.15, 0.2) is 40.5 Å². The normalized spacial score (nSPS) is 19.6. The molecule has 1 fully saturated rings. The van der Waals surface area contributed by atoms with E-state index in [0.717, 1.165) is 9.75 Å². The first-order valence-electron chi connectivity index (χ1n) is 7.22. The van der Waals surface area contributed by atoms with Crippen LogP contribution in [0.25, 0.3) is 12.3 Å². The summed E-state index contributed by atoms with van der Waals surface area (Å²) in [6.07, 6.45) is 7.55. The number of nitrogens with zero attached hydrogens (tertiary/aromatic N) is 3. The number of amides is 1. The maximum atomic E-state index is 13.3. The van der Waals surface area contributed by atoms with Crippen LogP contribution in [-0.4, -0.2) is 26.9 Å². The number of rotatable bonds is 2. The molecule has 5 nitrogen and oxygen atoms in total. The van der Waals surface area contributed by atoms with Crippen LogP contribution in [0.4, 0.5) is 10.1 Å². The number of halogens is 2. The number of carbonyl (C=O) groups is 1. The van der Waals surface area contributed by atoms with Crippen LogP contribution in [0.1, 0.15) is 0 Å². The number of aliphatic imine (C=N–C) groups is 1. The zero-order valence-corrected chi connectivity index (χ0v) is 15.0. The minimum Gasteiger partial charge on any atom is -0.348 e. The molecule has 0 atom stereocenters. The van der Waals surface area contributed by atoms with Crippen molar-refractivity contribution < 1.29 is 9.18 Å². The fourth-order valence-corrected chi connectivity index (χ4v) is 3.95. The molecule has 1 aromatic heterocycles. The first-order valence-corrected chi connectivity index (χ1v) is 9.18. The summed E-state index contributed by atoms with van der Waals surface area (Å²) < 4.78 is 18.6. The number of amidine groups is 1. The summed E-state index contributed by atoms with van der Waals surface area (Å²) in [6, 6.07) is 3.91. The summed E-state index contributed by atoms with van der Waals surface area (Å²) in [4.78, 5) is 18.8. The quantitative estimate of drug-likeness (QED) is 0.796. The minimum atomic E-state index is -0.438. The van der Waals surface area contributed by atoms with Crippen LogP contribution in [-0.2, 0) is 4.79 Å². The highest BCUT2D eigenvalue weighted by Gasteiger charge is 2.25. The number of thioether (sulfide) groups is 1. The molecule has 0 saturated carbocycles. The molecule has 1 saturated heterocycles. The standard InChI is InChI=1S/C16H10ClFN4OS2/c17-11-2-1-10(18)5-12(11)20-16-21-15(23)14(24-16)8-22-4-3-13-9(7-22)6-19-25-13/h1-3,5-8H,4H2,(H,20,21,23)/b14-8-. The summed E-state index contributed by atoms with van der Waals surface area (Å²) in [5.74, 6) is -0.689. The monoisotopic (exact) mass is 392 g/mol. The summed E-state index contributed by atoms with van der Waals surface area (Å²) in [5.41, 5.74) is 0.276. The van der Waals surface area contributed by atoms with Crippen LogP contribution in [0, 0.1) is 5.82 Å². The fraction of sp³-hybridized carbons (Fsp3) is 0.0625. The lowest BCUT2D eigenvalue weighted by atomic mass is 10.3. The Morgan fingerprint density at radius 1 is 1.44 bits per heavy atom. The van der Waals surface area contributed by atoms with Crippen LogP contribution < -0.4 is 15.1 Å². The number of aromatic nitrogens is 1. The second-order valence-corrected chi connectivity index (χ2v) is 7.51. The third-order valence-corrected chi connectivity index (χ3v) is 5.51. The number of benzene rings is 1. The van der Waals surface area contributed by atoms with E-state index in [9.17, 15) is 9.18 Å². The SMILES string of the molecule is O=C1NC(=Nc2cc(F)ccc2Cl)S/C1=C\N1C=c2cnsc2=CC1. The van der Waals surface area contributed by atoms with E-state index >= 15 is 0 Å². The maximum absolute atomic E-state index is 13.3. The van der Waals surface area contributed by atoms with Gasteiger partial charge in [-0.1, -0.05) is 11.6 Å².